The van der Waals surface area contributed by atoms with Crippen molar-refractivity contribution in [1.29, 1.82) is 0 Å². The van der Waals surface area contributed by atoms with Gasteiger partial charge in [0.15, 0.2) is 0 Å². The van der Waals surface area contributed by atoms with Gasteiger partial charge < -0.3 is 4.98 Å². The number of benzene rings is 1. The minimum Gasteiger partial charge on any atom is -0.324 e. The molecule has 24 heavy (non-hydrogen) atoms. The van der Waals surface area contributed by atoms with Crippen molar-refractivity contribution >= 4 is 32.9 Å². The second-order valence-electron chi connectivity index (χ2n) is 5.10. The number of likely N-dealkylation sites (N-methyl/N-ethyl adjacent to an activating group) is 1. The van der Waals surface area contributed by atoms with Crippen molar-refractivity contribution in [2.45, 2.75) is 4.90 Å². The van der Waals surface area contributed by atoms with Crippen LogP contribution >= 0.6 is 0 Å². The molecule has 0 bridgehead atoms. The molecule has 8 nitrogen and oxygen atoms in total. The van der Waals surface area contributed by atoms with Crippen LogP contribution < -0.4 is 5.32 Å². The van der Waals surface area contributed by atoms with Crippen LogP contribution in [-0.2, 0) is 14.8 Å². The molecule has 0 saturated carbocycles. The summed E-state index contributed by atoms with van der Waals surface area (Å²) >= 11 is 0. The number of H-pyrrole nitrogens is 1. The summed E-state index contributed by atoms with van der Waals surface area (Å²) in [6.07, 6.45) is 2.72. The fourth-order valence-corrected chi connectivity index (χ4v) is 3.24. The number of nitrogens with zero attached hydrogens (tertiary/aromatic N) is 3. The van der Waals surface area contributed by atoms with E-state index in [1.807, 2.05) is 18.2 Å². The first kappa shape index (κ1) is 16.1. The van der Waals surface area contributed by atoms with E-state index in [2.05, 4.69) is 20.3 Å². The molecule has 0 aliphatic heterocycles. The summed E-state index contributed by atoms with van der Waals surface area (Å²) in [6.45, 7) is -0.339. The first-order chi connectivity index (χ1) is 11.5. The molecule has 124 valence electrons. The number of nitrogens with one attached hydrogen (secondary N) is 2. The van der Waals surface area contributed by atoms with Crippen molar-refractivity contribution < 1.29 is 13.2 Å². The van der Waals surface area contributed by atoms with Crippen LogP contribution in [0, 0.1) is 0 Å². The molecule has 0 radical (unpaired) electrons. The molecule has 0 atom stereocenters. The second-order valence-corrected chi connectivity index (χ2v) is 7.15. The van der Waals surface area contributed by atoms with Crippen molar-refractivity contribution in [3.8, 4) is 0 Å². The Morgan fingerprint density at radius 3 is 2.75 bits per heavy atom. The zero-order chi connectivity index (χ0) is 17.2. The molecule has 0 saturated heterocycles. The number of hydrogen-bond acceptors (Lipinski definition) is 5. The Bertz CT molecular complexity index is 936. The first-order valence-electron chi connectivity index (χ1n) is 7.08. The molecular formula is C15H15N5O3S. The molecule has 1 aromatic carbocycles. The standard InChI is InChI=1S/C15H15N5O3S/c1-20(24(22,23)11-5-4-8-16-9-11)10-14(21)19-15-17-12-6-2-3-7-13(12)18-15/h2-9H,10H2,1H3,(H2,17,18,19,21). The number of sulfonamides is 1. The van der Waals surface area contributed by atoms with Crippen LogP contribution in [0.4, 0.5) is 5.95 Å². The molecule has 0 aliphatic carbocycles. The van der Waals surface area contributed by atoms with Gasteiger partial charge in [0.25, 0.3) is 0 Å². The van der Waals surface area contributed by atoms with E-state index in [1.54, 1.807) is 6.07 Å². The van der Waals surface area contributed by atoms with Gasteiger partial charge in [-0.3, -0.25) is 15.1 Å². The van der Waals surface area contributed by atoms with Crippen molar-refractivity contribution in [2.75, 3.05) is 18.9 Å². The summed E-state index contributed by atoms with van der Waals surface area (Å²) < 4.78 is 25.6. The normalized spacial score (nSPS) is 11.8. The first-order valence-corrected chi connectivity index (χ1v) is 8.52. The lowest BCUT2D eigenvalue weighted by Gasteiger charge is -2.16. The fourth-order valence-electron chi connectivity index (χ4n) is 2.15. The Kier molecular flexibility index (Phi) is 4.28. The minimum absolute atomic E-state index is 0.0315. The summed E-state index contributed by atoms with van der Waals surface area (Å²) in [4.78, 5) is 23.1. The van der Waals surface area contributed by atoms with Gasteiger partial charge in [-0.05, 0) is 24.3 Å². The van der Waals surface area contributed by atoms with Gasteiger partial charge in [-0.15, -0.1) is 0 Å². The van der Waals surface area contributed by atoms with Crippen LogP contribution in [0.25, 0.3) is 11.0 Å². The number of hydrogen-bond donors (Lipinski definition) is 2. The van der Waals surface area contributed by atoms with Crippen molar-refractivity contribution in [3.05, 3.63) is 48.8 Å². The average molecular weight is 345 g/mol. The summed E-state index contributed by atoms with van der Waals surface area (Å²) in [6, 6.07) is 10.3. The van der Waals surface area contributed by atoms with Gasteiger partial charge >= 0.3 is 0 Å². The van der Waals surface area contributed by atoms with Gasteiger partial charge in [0, 0.05) is 19.4 Å². The smallest absolute Gasteiger partial charge is 0.244 e. The number of para-hydroxylation sites is 2. The molecule has 1 amide bonds. The Morgan fingerprint density at radius 1 is 1.25 bits per heavy atom. The van der Waals surface area contributed by atoms with E-state index >= 15 is 0 Å². The Labute approximate surface area is 138 Å². The summed E-state index contributed by atoms with van der Waals surface area (Å²) in [5.74, 6) is -0.225. The van der Waals surface area contributed by atoms with Crippen LogP contribution in [0.15, 0.2) is 53.7 Å². The largest absolute Gasteiger partial charge is 0.324 e. The van der Waals surface area contributed by atoms with Gasteiger partial charge in [0.2, 0.25) is 21.9 Å². The summed E-state index contributed by atoms with van der Waals surface area (Å²) in [7, 11) is -2.44. The summed E-state index contributed by atoms with van der Waals surface area (Å²) in [5, 5.41) is 2.56. The predicted octanol–water partition coefficient (Wildman–Crippen LogP) is 1.22. The van der Waals surface area contributed by atoms with Crippen LogP contribution in [0.2, 0.25) is 0 Å². The van der Waals surface area contributed by atoms with Gasteiger partial charge in [-0.2, -0.15) is 4.31 Å². The number of aromatic nitrogens is 3. The number of rotatable bonds is 5. The Balaban J connectivity index is 1.70. The molecule has 2 heterocycles. The number of imidazole rings is 1. The van der Waals surface area contributed by atoms with E-state index in [4.69, 9.17) is 0 Å². The number of anilines is 1. The SMILES string of the molecule is CN(CC(=O)Nc1nc2ccccc2[nH]1)S(=O)(=O)c1cccnc1. The topological polar surface area (TPSA) is 108 Å². The highest BCUT2D eigenvalue weighted by molar-refractivity contribution is 7.89. The van der Waals surface area contributed by atoms with Gasteiger partial charge in [-0.25, -0.2) is 13.4 Å². The highest BCUT2D eigenvalue weighted by atomic mass is 32.2. The number of pyridine rings is 1. The van der Waals surface area contributed by atoms with Crippen LogP contribution in [0.3, 0.4) is 0 Å². The molecular weight excluding hydrogens is 330 g/mol. The quantitative estimate of drug-likeness (QED) is 0.723. The molecule has 3 aromatic rings. The van der Waals surface area contributed by atoms with E-state index < -0.39 is 15.9 Å². The molecule has 2 N–H and O–H groups in total. The molecule has 9 heteroatoms. The van der Waals surface area contributed by atoms with E-state index in [0.717, 1.165) is 9.82 Å². The molecule has 2 aromatic heterocycles. The average Bonchev–Trinajstić information content (AvgIpc) is 2.97. The number of amides is 1. The minimum atomic E-state index is -3.77. The third-order valence-electron chi connectivity index (χ3n) is 3.36. The van der Waals surface area contributed by atoms with Gasteiger partial charge in [0.05, 0.1) is 17.6 Å². The number of carbonyl (C=O) groups excluding carboxylic acids is 1. The number of aromatic amines is 1. The lowest BCUT2D eigenvalue weighted by molar-refractivity contribution is -0.116. The highest BCUT2D eigenvalue weighted by Crippen LogP contribution is 2.14. The lowest BCUT2D eigenvalue weighted by atomic mass is 10.3. The van der Waals surface area contributed by atoms with Crippen molar-refractivity contribution in [3.63, 3.8) is 0 Å². The van der Waals surface area contributed by atoms with Crippen molar-refractivity contribution in [2.24, 2.45) is 0 Å². The van der Waals surface area contributed by atoms with Crippen molar-refractivity contribution in [1.82, 2.24) is 19.3 Å². The molecule has 3 rings (SSSR count). The molecule has 0 aliphatic rings. The molecule has 0 spiro atoms. The third-order valence-corrected chi connectivity index (χ3v) is 5.14. The lowest BCUT2D eigenvalue weighted by Crippen LogP contribution is -2.35. The highest BCUT2D eigenvalue weighted by Gasteiger charge is 2.23. The van der Waals surface area contributed by atoms with E-state index in [1.165, 1.54) is 31.6 Å². The summed E-state index contributed by atoms with van der Waals surface area (Å²) in [5.41, 5.74) is 1.49. The zero-order valence-electron chi connectivity index (χ0n) is 12.8. The van der Waals surface area contributed by atoms with Crippen LogP contribution in [0.5, 0.6) is 0 Å². The van der Waals surface area contributed by atoms with E-state index in [9.17, 15) is 13.2 Å². The predicted molar refractivity (Wildman–Crippen MR) is 88.8 cm³/mol. The zero-order valence-corrected chi connectivity index (χ0v) is 13.6. The van der Waals surface area contributed by atoms with Crippen LogP contribution in [0.1, 0.15) is 0 Å². The van der Waals surface area contributed by atoms with E-state index in [-0.39, 0.29) is 17.4 Å². The monoisotopic (exact) mass is 345 g/mol. The second kappa shape index (κ2) is 6.38. The number of carbonyl (C=O) groups is 1. The van der Waals surface area contributed by atoms with Gasteiger partial charge in [-0.1, -0.05) is 12.1 Å². The maximum Gasteiger partial charge on any atom is 0.244 e. The van der Waals surface area contributed by atoms with E-state index in [0.29, 0.717) is 5.52 Å². The molecule has 0 fully saturated rings. The maximum atomic E-state index is 12.3. The Hall–Kier alpha value is -2.78. The molecule has 0 unspecified atom stereocenters. The third kappa shape index (κ3) is 3.26. The maximum absolute atomic E-state index is 12.3. The van der Waals surface area contributed by atoms with Gasteiger partial charge in [0.1, 0.15) is 4.90 Å². The Morgan fingerprint density at radius 2 is 2.04 bits per heavy atom. The fraction of sp³-hybridized carbons (Fsp3) is 0.133. The number of fused-ring (bicyclic) bond motifs is 1. The van der Waals surface area contributed by atoms with Crippen LogP contribution in [-0.4, -0.2) is 47.2 Å².